The Morgan fingerprint density at radius 2 is 1.34 bits per heavy atom. The SMILES string of the molecule is CCCCCCCCCCCCC(OC(C)=O)c1cc(O)c2c(c1O)C(=O)c1ccccc1C2=O. The fraction of sp³-hybridized carbons (Fsp3) is 0.483. The number of hydrogen-bond acceptors (Lipinski definition) is 6. The van der Waals surface area contributed by atoms with E-state index in [-0.39, 0.29) is 27.8 Å². The number of esters is 1. The zero-order valence-electron chi connectivity index (χ0n) is 20.8. The van der Waals surface area contributed by atoms with Crippen molar-refractivity contribution in [1.82, 2.24) is 0 Å². The summed E-state index contributed by atoms with van der Waals surface area (Å²) in [5, 5.41) is 21.7. The summed E-state index contributed by atoms with van der Waals surface area (Å²) in [4.78, 5) is 37.9. The first-order valence-electron chi connectivity index (χ1n) is 12.8. The zero-order valence-corrected chi connectivity index (χ0v) is 20.8. The minimum atomic E-state index is -0.821. The van der Waals surface area contributed by atoms with Crippen LogP contribution < -0.4 is 0 Å². The van der Waals surface area contributed by atoms with E-state index >= 15 is 0 Å². The number of carbonyl (C=O) groups excluding carboxylic acids is 3. The number of hydrogen-bond donors (Lipinski definition) is 2. The highest BCUT2D eigenvalue weighted by atomic mass is 16.5. The molecule has 2 aromatic rings. The first-order chi connectivity index (χ1) is 16.9. The molecule has 0 radical (unpaired) electrons. The highest BCUT2D eigenvalue weighted by molar-refractivity contribution is 6.30. The molecule has 0 amide bonds. The maximum Gasteiger partial charge on any atom is 0.303 e. The Labute approximate surface area is 207 Å². The van der Waals surface area contributed by atoms with E-state index in [9.17, 15) is 24.6 Å². The molecule has 6 nitrogen and oxygen atoms in total. The van der Waals surface area contributed by atoms with E-state index in [4.69, 9.17) is 4.74 Å². The van der Waals surface area contributed by atoms with Crippen LogP contribution in [-0.4, -0.2) is 27.7 Å². The quantitative estimate of drug-likeness (QED) is 0.159. The molecule has 0 heterocycles. The van der Waals surface area contributed by atoms with Crippen molar-refractivity contribution in [3.63, 3.8) is 0 Å². The van der Waals surface area contributed by atoms with Crippen LogP contribution in [0.15, 0.2) is 30.3 Å². The van der Waals surface area contributed by atoms with Crippen LogP contribution in [0, 0.1) is 0 Å². The van der Waals surface area contributed by atoms with Crippen molar-refractivity contribution in [2.24, 2.45) is 0 Å². The summed E-state index contributed by atoms with van der Waals surface area (Å²) in [6.07, 6.45) is 11.2. The van der Waals surface area contributed by atoms with Gasteiger partial charge in [-0.1, -0.05) is 89.0 Å². The average Bonchev–Trinajstić information content (AvgIpc) is 2.84. The Hall–Kier alpha value is -3.15. The summed E-state index contributed by atoms with van der Waals surface area (Å²) >= 11 is 0. The smallest absolute Gasteiger partial charge is 0.303 e. The van der Waals surface area contributed by atoms with Crippen LogP contribution in [0.4, 0.5) is 0 Å². The van der Waals surface area contributed by atoms with Crippen LogP contribution in [0.3, 0.4) is 0 Å². The summed E-state index contributed by atoms with van der Waals surface area (Å²) in [6, 6.07) is 7.58. The number of ketones is 2. The van der Waals surface area contributed by atoms with E-state index in [0.717, 1.165) is 25.7 Å². The molecule has 0 spiro atoms. The predicted octanol–water partition coefficient (Wildman–Crippen LogP) is 6.79. The lowest BCUT2D eigenvalue weighted by molar-refractivity contribution is -0.147. The van der Waals surface area contributed by atoms with Gasteiger partial charge in [0.1, 0.15) is 17.6 Å². The molecule has 0 aliphatic heterocycles. The molecule has 3 rings (SSSR count). The van der Waals surface area contributed by atoms with Crippen molar-refractivity contribution in [2.45, 2.75) is 90.6 Å². The number of benzene rings is 2. The summed E-state index contributed by atoms with van der Waals surface area (Å²) in [7, 11) is 0. The van der Waals surface area contributed by atoms with Gasteiger partial charge in [0.15, 0.2) is 11.6 Å². The molecule has 2 aromatic carbocycles. The predicted molar refractivity (Wildman–Crippen MR) is 134 cm³/mol. The molecule has 188 valence electrons. The number of phenols is 2. The highest BCUT2D eigenvalue weighted by Crippen LogP contribution is 2.43. The summed E-state index contributed by atoms with van der Waals surface area (Å²) in [5.41, 5.74) is 0.0669. The number of rotatable bonds is 13. The Morgan fingerprint density at radius 1 is 0.829 bits per heavy atom. The minimum Gasteiger partial charge on any atom is -0.507 e. The van der Waals surface area contributed by atoms with E-state index in [1.165, 1.54) is 63.6 Å². The normalized spacial score (nSPS) is 13.3. The van der Waals surface area contributed by atoms with Gasteiger partial charge in [0.05, 0.1) is 11.1 Å². The van der Waals surface area contributed by atoms with Gasteiger partial charge in [-0.2, -0.15) is 0 Å². The molecule has 1 aliphatic rings. The second kappa shape index (κ2) is 12.5. The van der Waals surface area contributed by atoms with Crippen molar-refractivity contribution in [3.8, 4) is 11.5 Å². The van der Waals surface area contributed by atoms with Crippen LogP contribution in [-0.2, 0) is 9.53 Å². The largest absolute Gasteiger partial charge is 0.507 e. The lowest BCUT2D eigenvalue weighted by Crippen LogP contribution is -2.22. The lowest BCUT2D eigenvalue weighted by atomic mass is 9.81. The summed E-state index contributed by atoms with van der Waals surface area (Å²) in [5.74, 6) is -2.39. The molecule has 0 fully saturated rings. The fourth-order valence-electron chi connectivity index (χ4n) is 4.82. The van der Waals surface area contributed by atoms with E-state index in [2.05, 4.69) is 6.92 Å². The van der Waals surface area contributed by atoms with Crippen molar-refractivity contribution >= 4 is 17.5 Å². The number of phenolic OH excluding ortho intramolecular Hbond substituents is 2. The van der Waals surface area contributed by atoms with E-state index in [1.807, 2.05) is 0 Å². The van der Waals surface area contributed by atoms with Crippen LogP contribution in [0.2, 0.25) is 0 Å². The van der Waals surface area contributed by atoms with Gasteiger partial charge in [0, 0.05) is 23.6 Å². The maximum absolute atomic E-state index is 13.1. The van der Waals surface area contributed by atoms with Crippen LogP contribution >= 0.6 is 0 Å². The van der Waals surface area contributed by atoms with Gasteiger partial charge in [0.25, 0.3) is 0 Å². The number of fused-ring (bicyclic) bond motifs is 2. The monoisotopic (exact) mass is 480 g/mol. The molecule has 1 aliphatic carbocycles. The molecule has 0 aromatic heterocycles. The number of unbranched alkanes of at least 4 members (excludes halogenated alkanes) is 9. The van der Waals surface area contributed by atoms with Gasteiger partial charge in [-0.25, -0.2) is 0 Å². The van der Waals surface area contributed by atoms with Crippen molar-refractivity contribution in [3.05, 3.63) is 58.1 Å². The van der Waals surface area contributed by atoms with Crippen LogP contribution in [0.1, 0.15) is 128 Å². The maximum atomic E-state index is 13.1. The number of ether oxygens (including phenoxy) is 1. The molecular formula is C29H36O6. The molecule has 35 heavy (non-hydrogen) atoms. The molecule has 6 heteroatoms. The first-order valence-corrected chi connectivity index (χ1v) is 12.8. The Bertz CT molecular complexity index is 1070. The standard InChI is InChI=1S/C29H36O6/c1-3-4-5-6-7-8-9-10-11-12-17-24(35-19(2)30)22-18-23(31)25-26(29(22)34)28(33)21-16-14-13-15-20(21)27(25)32/h13-16,18,24,31,34H,3-12,17H2,1-2H3. The first kappa shape index (κ1) is 26.5. The molecule has 0 saturated carbocycles. The van der Waals surface area contributed by atoms with E-state index < -0.39 is 35.1 Å². The van der Waals surface area contributed by atoms with Gasteiger partial charge in [-0.3, -0.25) is 14.4 Å². The fourth-order valence-corrected chi connectivity index (χ4v) is 4.82. The Morgan fingerprint density at radius 3 is 1.89 bits per heavy atom. The average molecular weight is 481 g/mol. The summed E-state index contributed by atoms with van der Waals surface area (Å²) in [6.45, 7) is 3.50. The van der Waals surface area contributed by atoms with Gasteiger partial charge in [-0.15, -0.1) is 0 Å². The third kappa shape index (κ3) is 6.30. The molecule has 2 N–H and O–H groups in total. The minimum absolute atomic E-state index is 0.146. The van der Waals surface area contributed by atoms with Crippen molar-refractivity contribution < 1.29 is 29.3 Å². The van der Waals surface area contributed by atoms with Gasteiger partial charge in [0.2, 0.25) is 0 Å². The Kier molecular flexibility index (Phi) is 9.47. The third-order valence-corrected chi connectivity index (χ3v) is 6.65. The van der Waals surface area contributed by atoms with Crippen LogP contribution in [0.5, 0.6) is 11.5 Å². The second-order valence-corrected chi connectivity index (χ2v) is 9.36. The van der Waals surface area contributed by atoms with Crippen molar-refractivity contribution in [1.29, 1.82) is 0 Å². The summed E-state index contributed by atoms with van der Waals surface area (Å²) < 4.78 is 5.47. The lowest BCUT2D eigenvalue weighted by Gasteiger charge is -2.24. The number of carbonyl (C=O) groups is 3. The number of aromatic hydroxyl groups is 2. The highest BCUT2D eigenvalue weighted by Gasteiger charge is 2.37. The molecule has 0 bridgehead atoms. The van der Waals surface area contributed by atoms with E-state index in [0.29, 0.717) is 6.42 Å². The van der Waals surface area contributed by atoms with Gasteiger partial charge < -0.3 is 14.9 Å². The molecular weight excluding hydrogens is 444 g/mol. The van der Waals surface area contributed by atoms with E-state index in [1.54, 1.807) is 12.1 Å². The zero-order chi connectivity index (χ0) is 25.4. The van der Waals surface area contributed by atoms with Gasteiger partial charge in [-0.05, 0) is 18.9 Å². The third-order valence-electron chi connectivity index (χ3n) is 6.65. The molecule has 1 unspecified atom stereocenters. The molecule has 1 atom stereocenters. The second-order valence-electron chi connectivity index (χ2n) is 9.36. The van der Waals surface area contributed by atoms with Crippen molar-refractivity contribution in [2.75, 3.05) is 0 Å². The van der Waals surface area contributed by atoms with Crippen LogP contribution in [0.25, 0.3) is 0 Å². The molecule has 0 saturated heterocycles. The topological polar surface area (TPSA) is 101 Å². The Balaban J connectivity index is 1.71. The van der Waals surface area contributed by atoms with Gasteiger partial charge >= 0.3 is 5.97 Å².